The molecular weight excluding hydrogens is 473 g/mol. The monoisotopic (exact) mass is 502 g/mol. The molecule has 1 aliphatic rings. The Morgan fingerprint density at radius 1 is 0.886 bits per heavy atom. The summed E-state index contributed by atoms with van der Waals surface area (Å²) < 4.78 is 66.4. The van der Waals surface area contributed by atoms with Crippen molar-refractivity contribution in [2.75, 3.05) is 39.1 Å². The van der Waals surface area contributed by atoms with Crippen molar-refractivity contribution in [1.29, 1.82) is 0 Å². The minimum Gasteiger partial charge on any atom is -0.377 e. The maximum Gasteiger partial charge on any atom is 0.416 e. The number of sulfone groups is 1. The lowest BCUT2D eigenvalue weighted by Gasteiger charge is -2.21. The van der Waals surface area contributed by atoms with Crippen LogP contribution in [0.3, 0.4) is 0 Å². The quantitative estimate of drug-likeness (QED) is 0.479. The number of benzene rings is 3. The second-order valence-electron chi connectivity index (χ2n) is 9.31. The highest BCUT2D eigenvalue weighted by Gasteiger charge is 2.30. The summed E-state index contributed by atoms with van der Waals surface area (Å²) in [5, 5.41) is 0. The molecule has 3 aromatic carbocycles. The first-order valence-electron chi connectivity index (χ1n) is 11.5. The Balaban J connectivity index is 1.65. The van der Waals surface area contributed by atoms with Crippen LogP contribution >= 0.6 is 0 Å². The molecule has 35 heavy (non-hydrogen) atoms. The highest BCUT2D eigenvalue weighted by atomic mass is 32.2. The minimum absolute atomic E-state index is 0.166. The molecule has 0 aliphatic carbocycles. The van der Waals surface area contributed by atoms with Crippen LogP contribution in [0, 0.1) is 0 Å². The summed E-state index contributed by atoms with van der Waals surface area (Å²) in [5.74, 6) is 0. The molecule has 0 spiro atoms. The van der Waals surface area contributed by atoms with Gasteiger partial charge in [-0.25, -0.2) is 8.42 Å². The van der Waals surface area contributed by atoms with Crippen LogP contribution in [-0.2, 0) is 35.3 Å². The Bertz CT molecular complexity index is 1320. The van der Waals surface area contributed by atoms with Gasteiger partial charge in [-0.1, -0.05) is 30.3 Å². The van der Waals surface area contributed by atoms with Crippen molar-refractivity contribution in [2.45, 2.75) is 35.2 Å². The number of alkyl halides is 3. The molecule has 0 saturated heterocycles. The Labute approximate surface area is 204 Å². The number of nitrogens with zero attached hydrogens (tertiary/aromatic N) is 2. The van der Waals surface area contributed by atoms with Crippen molar-refractivity contribution in [3.63, 3.8) is 0 Å². The predicted molar refractivity (Wildman–Crippen MR) is 132 cm³/mol. The van der Waals surface area contributed by atoms with Crippen LogP contribution in [0.5, 0.6) is 0 Å². The molecule has 0 aromatic heterocycles. The molecule has 1 aliphatic heterocycles. The number of rotatable bonds is 5. The van der Waals surface area contributed by atoms with Crippen molar-refractivity contribution >= 4 is 15.5 Å². The molecular formula is C27H29F3N2O2S. The van der Waals surface area contributed by atoms with E-state index in [1.54, 1.807) is 18.2 Å². The van der Waals surface area contributed by atoms with E-state index < -0.39 is 21.6 Å². The van der Waals surface area contributed by atoms with E-state index in [2.05, 4.69) is 11.9 Å². The third kappa shape index (κ3) is 5.54. The van der Waals surface area contributed by atoms with E-state index in [1.807, 2.05) is 31.1 Å². The summed E-state index contributed by atoms with van der Waals surface area (Å²) in [4.78, 5) is 4.51. The standard InChI is InChI=1S/C27H29F3N2O2S/c1-31(2)25-17-21-11-13-32(3)14-12-22(21)18-26(25)35(33,34)24-9-7-19(8-10-24)15-20-5-4-6-23(16-20)27(28,29)30/h4-10,16-18H,11-15H2,1-3H3. The van der Waals surface area contributed by atoms with Crippen molar-refractivity contribution in [3.05, 3.63) is 88.5 Å². The molecule has 4 rings (SSSR count). The van der Waals surface area contributed by atoms with Crippen molar-refractivity contribution < 1.29 is 21.6 Å². The number of anilines is 1. The van der Waals surface area contributed by atoms with Gasteiger partial charge in [-0.3, -0.25) is 0 Å². The first kappa shape index (κ1) is 25.3. The number of likely N-dealkylation sites (N-methyl/N-ethyl adjacent to an activating group) is 1. The molecule has 0 amide bonds. The van der Waals surface area contributed by atoms with E-state index in [4.69, 9.17) is 0 Å². The molecule has 8 heteroatoms. The average molecular weight is 503 g/mol. The number of hydrogen-bond acceptors (Lipinski definition) is 4. The summed E-state index contributed by atoms with van der Waals surface area (Å²) in [6.45, 7) is 1.80. The van der Waals surface area contributed by atoms with Gasteiger partial charge in [0.1, 0.15) is 0 Å². The van der Waals surface area contributed by atoms with E-state index in [1.165, 1.54) is 23.8 Å². The van der Waals surface area contributed by atoms with E-state index in [-0.39, 0.29) is 16.2 Å². The first-order valence-corrected chi connectivity index (χ1v) is 13.0. The van der Waals surface area contributed by atoms with Crippen LogP contribution in [0.4, 0.5) is 18.9 Å². The SMILES string of the molecule is CN1CCc2cc(N(C)C)c(S(=O)(=O)c3ccc(Cc4cccc(C(F)(F)F)c4)cc3)cc2CC1. The molecule has 0 radical (unpaired) electrons. The second-order valence-corrected chi connectivity index (χ2v) is 11.2. The van der Waals surface area contributed by atoms with Crippen LogP contribution in [-0.4, -0.2) is 47.6 Å². The van der Waals surface area contributed by atoms with Crippen molar-refractivity contribution in [3.8, 4) is 0 Å². The van der Waals surface area contributed by atoms with Crippen LogP contribution in [0.2, 0.25) is 0 Å². The van der Waals surface area contributed by atoms with Gasteiger partial charge in [0.2, 0.25) is 9.84 Å². The van der Waals surface area contributed by atoms with Crippen LogP contribution in [0.15, 0.2) is 70.5 Å². The Morgan fingerprint density at radius 3 is 2.11 bits per heavy atom. The predicted octanol–water partition coefficient (Wildman–Crippen LogP) is 5.23. The topological polar surface area (TPSA) is 40.6 Å². The van der Waals surface area contributed by atoms with Crippen molar-refractivity contribution in [2.24, 2.45) is 0 Å². The van der Waals surface area contributed by atoms with Gasteiger partial charge in [0.25, 0.3) is 0 Å². The van der Waals surface area contributed by atoms with E-state index >= 15 is 0 Å². The number of hydrogen-bond donors (Lipinski definition) is 0. The zero-order valence-electron chi connectivity index (χ0n) is 20.1. The highest BCUT2D eigenvalue weighted by Crippen LogP contribution is 2.34. The van der Waals surface area contributed by atoms with E-state index in [9.17, 15) is 21.6 Å². The highest BCUT2D eigenvalue weighted by molar-refractivity contribution is 7.91. The third-order valence-corrected chi connectivity index (χ3v) is 8.27. The maximum absolute atomic E-state index is 13.7. The molecule has 0 unspecified atom stereocenters. The largest absolute Gasteiger partial charge is 0.416 e. The van der Waals surface area contributed by atoms with Gasteiger partial charge in [-0.15, -0.1) is 0 Å². The third-order valence-electron chi connectivity index (χ3n) is 6.47. The fourth-order valence-electron chi connectivity index (χ4n) is 4.43. The summed E-state index contributed by atoms with van der Waals surface area (Å²) in [7, 11) is 1.94. The fraction of sp³-hybridized carbons (Fsp3) is 0.333. The minimum atomic E-state index is -4.40. The lowest BCUT2D eigenvalue weighted by atomic mass is 10.0. The fourth-order valence-corrected chi connectivity index (χ4v) is 5.99. The van der Waals surface area contributed by atoms with Gasteiger partial charge < -0.3 is 9.80 Å². The lowest BCUT2D eigenvalue weighted by molar-refractivity contribution is -0.137. The van der Waals surface area contributed by atoms with E-state index in [0.29, 0.717) is 11.3 Å². The van der Waals surface area contributed by atoms with Crippen LogP contribution < -0.4 is 4.90 Å². The maximum atomic E-state index is 13.7. The van der Waals surface area contributed by atoms with Gasteiger partial charge in [0.05, 0.1) is 21.0 Å². The Morgan fingerprint density at radius 2 is 1.51 bits per heavy atom. The molecule has 4 nitrogen and oxygen atoms in total. The summed E-state index contributed by atoms with van der Waals surface area (Å²) in [6.07, 6.45) is -2.46. The van der Waals surface area contributed by atoms with Gasteiger partial charge >= 0.3 is 6.18 Å². The van der Waals surface area contributed by atoms with Crippen molar-refractivity contribution in [1.82, 2.24) is 4.90 Å². The normalized spacial score (nSPS) is 14.9. The summed E-state index contributed by atoms with van der Waals surface area (Å²) in [6, 6.07) is 15.4. The molecule has 186 valence electrons. The molecule has 0 atom stereocenters. The Hall–Kier alpha value is -2.84. The first-order chi connectivity index (χ1) is 16.4. The summed E-state index contributed by atoms with van der Waals surface area (Å²) >= 11 is 0. The molecule has 1 heterocycles. The molecule has 0 N–H and O–H groups in total. The van der Waals surface area contributed by atoms with Gasteiger partial charge in [-0.2, -0.15) is 13.2 Å². The molecule has 0 bridgehead atoms. The lowest BCUT2D eigenvalue weighted by Crippen LogP contribution is -2.20. The van der Waals surface area contributed by atoms with Crippen LogP contribution in [0.1, 0.15) is 27.8 Å². The zero-order valence-corrected chi connectivity index (χ0v) is 20.9. The van der Waals surface area contributed by atoms with Gasteiger partial charge in [0, 0.05) is 27.2 Å². The van der Waals surface area contributed by atoms with Gasteiger partial charge in [0.15, 0.2) is 0 Å². The average Bonchev–Trinajstić information content (AvgIpc) is 2.99. The van der Waals surface area contributed by atoms with E-state index in [0.717, 1.165) is 49.2 Å². The van der Waals surface area contributed by atoms with Gasteiger partial charge in [-0.05, 0) is 78.9 Å². The smallest absolute Gasteiger partial charge is 0.377 e. The zero-order chi connectivity index (χ0) is 25.4. The second kappa shape index (κ2) is 9.66. The number of halogens is 3. The van der Waals surface area contributed by atoms with Crippen LogP contribution in [0.25, 0.3) is 0 Å². The Kier molecular flexibility index (Phi) is 6.97. The molecule has 0 fully saturated rings. The number of fused-ring (bicyclic) bond motifs is 1. The molecule has 0 saturated carbocycles. The molecule has 3 aromatic rings. The summed E-state index contributed by atoms with van der Waals surface area (Å²) in [5.41, 5.74) is 3.44.